The predicted molar refractivity (Wildman–Crippen MR) is 171 cm³/mol. The molecule has 4 aliphatic rings. The fraction of sp³-hybridized carbons (Fsp3) is 0.333. The van der Waals surface area contributed by atoms with Crippen LogP contribution < -0.4 is 14.2 Å². The highest BCUT2D eigenvalue weighted by Gasteiger charge is 2.60. The molecule has 8 rings (SSSR count). The smallest absolute Gasteiger partial charge is 0.305 e. The summed E-state index contributed by atoms with van der Waals surface area (Å²) in [4.78, 5) is 0. The van der Waals surface area contributed by atoms with Crippen LogP contribution in [0.25, 0.3) is 0 Å². The Kier molecular flexibility index (Phi) is 7.84. The van der Waals surface area contributed by atoms with Crippen LogP contribution in [0.4, 0.5) is 0 Å². The minimum absolute atomic E-state index is 0.0157. The van der Waals surface area contributed by atoms with Crippen molar-refractivity contribution in [2.24, 2.45) is 0 Å². The second-order valence-corrected chi connectivity index (χ2v) is 13.0. The van der Waals surface area contributed by atoms with Gasteiger partial charge in [0.1, 0.15) is 82.6 Å². The Morgan fingerprint density at radius 3 is 2.02 bits per heavy atom. The number of hydrogen-bond acceptors (Lipinski definition) is 15. The van der Waals surface area contributed by atoms with Gasteiger partial charge in [0.2, 0.25) is 0 Å². The molecule has 1 fully saturated rings. The lowest BCUT2D eigenvalue weighted by Crippen LogP contribution is -2.60. The molecule has 2 bridgehead atoms. The van der Waals surface area contributed by atoms with E-state index in [0.717, 1.165) is 6.07 Å². The number of phenols is 5. The van der Waals surface area contributed by atoms with E-state index in [-0.39, 0.29) is 68.9 Å². The zero-order valence-corrected chi connectivity index (χ0v) is 26.5. The molecule has 10 atom stereocenters. The molecule has 1 saturated heterocycles. The minimum Gasteiger partial charge on any atom is -0.508 e. The van der Waals surface area contributed by atoms with Gasteiger partial charge in [0.25, 0.3) is 0 Å². The largest absolute Gasteiger partial charge is 0.508 e. The highest BCUT2D eigenvalue weighted by molar-refractivity contribution is 5.68. The zero-order chi connectivity index (χ0) is 35.9. The first kappa shape index (κ1) is 33.2. The molecule has 10 N–H and O–H groups in total. The van der Waals surface area contributed by atoms with Crippen LogP contribution in [0, 0.1) is 0 Å². The number of aliphatic hydroxyl groups excluding tert-OH is 5. The third kappa shape index (κ3) is 5.16. The van der Waals surface area contributed by atoms with E-state index in [4.69, 9.17) is 23.7 Å². The van der Waals surface area contributed by atoms with E-state index in [1.807, 2.05) is 0 Å². The Hall–Kier alpha value is -5.00. The summed E-state index contributed by atoms with van der Waals surface area (Å²) in [5, 5.41) is 106. The number of hydrogen-bond donors (Lipinski definition) is 10. The van der Waals surface area contributed by atoms with E-state index in [1.54, 1.807) is 12.1 Å². The van der Waals surface area contributed by atoms with E-state index in [0.29, 0.717) is 5.56 Å². The zero-order valence-electron chi connectivity index (χ0n) is 26.5. The van der Waals surface area contributed by atoms with E-state index < -0.39 is 73.1 Å². The number of aromatic hydroxyl groups is 5. The molecule has 268 valence electrons. The van der Waals surface area contributed by atoms with Crippen LogP contribution in [0.5, 0.6) is 46.0 Å². The summed E-state index contributed by atoms with van der Waals surface area (Å²) in [6.45, 7) is -0.686. The molecule has 0 spiro atoms. The van der Waals surface area contributed by atoms with E-state index in [9.17, 15) is 51.1 Å². The fourth-order valence-electron chi connectivity index (χ4n) is 7.44. The average molecular weight is 707 g/mol. The van der Waals surface area contributed by atoms with Gasteiger partial charge in [0.05, 0.1) is 12.5 Å². The van der Waals surface area contributed by atoms with Crippen LogP contribution in [-0.4, -0.2) is 101 Å². The van der Waals surface area contributed by atoms with Crippen molar-refractivity contribution in [1.82, 2.24) is 0 Å². The molecule has 0 amide bonds. The number of phenolic OH excluding ortho intramolecular Hbond substituents is 5. The van der Waals surface area contributed by atoms with Crippen LogP contribution in [0.3, 0.4) is 0 Å². The van der Waals surface area contributed by atoms with Crippen molar-refractivity contribution in [2.75, 3.05) is 6.61 Å². The number of fused-ring (bicyclic) bond motifs is 8. The van der Waals surface area contributed by atoms with Gasteiger partial charge in [-0.2, -0.15) is 0 Å². The molecule has 0 aliphatic carbocycles. The maximum absolute atomic E-state index is 12.2. The second-order valence-electron chi connectivity index (χ2n) is 13.0. The van der Waals surface area contributed by atoms with Crippen molar-refractivity contribution < 1.29 is 74.7 Å². The maximum Gasteiger partial charge on any atom is 0.305 e. The second kappa shape index (κ2) is 12.1. The van der Waals surface area contributed by atoms with Crippen LogP contribution in [0.2, 0.25) is 0 Å². The Morgan fingerprint density at radius 2 is 1.35 bits per heavy atom. The van der Waals surface area contributed by atoms with E-state index >= 15 is 0 Å². The quantitative estimate of drug-likeness (QED) is 0.140. The molecule has 10 unspecified atom stereocenters. The van der Waals surface area contributed by atoms with Gasteiger partial charge in [-0.1, -0.05) is 12.1 Å². The first-order valence-corrected chi connectivity index (χ1v) is 16.1. The predicted octanol–water partition coefficient (Wildman–Crippen LogP) is 1.21. The van der Waals surface area contributed by atoms with Crippen LogP contribution in [-0.2, 0) is 21.7 Å². The Labute approximate surface area is 288 Å². The van der Waals surface area contributed by atoms with Gasteiger partial charge >= 0.3 is 5.79 Å². The Bertz CT molecular complexity index is 1970. The standard InChI is InChI=1S/C36H34O15/c37-13-25-29(43)30(44)31(45)35(48-25)47-24-11-19-20(41)12-23-27(33(19)49-32(24)14-1-5-16(38)6-2-14)28-26-21(42)9-18(40)10-22(26)50-36(51-23,34(28)46)15-3-7-17(39)8-4-15/h1-10,12,24-25,28-32,34-35,37-46H,11,13H2. The summed E-state index contributed by atoms with van der Waals surface area (Å²) in [6, 6.07) is 15.3. The number of benzene rings is 4. The topological polar surface area (TPSA) is 248 Å². The lowest BCUT2D eigenvalue weighted by Gasteiger charge is -2.50. The van der Waals surface area contributed by atoms with Crippen molar-refractivity contribution >= 4 is 0 Å². The summed E-state index contributed by atoms with van der Waals surface area (Å²) in [6.07, 6.45) is -11.7. The highest BCUT2D eigenvalue weighted by atomic mass is 16.7. The number of aliphatic hydroxyl groups is 5. The van der Waals surface area contributed by atoms with Crippen molar-refractivity contribution in [1.29, 1.82) is 0 Å². The van der Waals surface area contributed by atoms with Crippen molar-refractivity contribution in [3.63, 3.8) is 0 Å². The van der Waals surface area contributed by atoms with Gasteiger partial charge in [-0.25, -0.2) is 0 Å². The third-order valence-corrected chi connectivity index (χ3v) is 9.95. The third-order valence-electron chi connectivity index (χ3n) is 9.95. The van der Waals surface area contributed by atoms with Crippen molar-refractivity contribution in [3.8, 4) is 46.0 Å². The minimum atomic E-state index is -1.99. The van der Waals surface area contributed by atoms with E-state index in [1.165, 1.54) is 48.5 Å². The first-order valence-electron chi connectivity index (χ1n) is 16.1. The summed E-state index contributed by atoms with van der Waals surface area (Å²) < 4.78 is 31.1. The van der Waals surface area contributed by atoms with Gasteiger partial charge in [-0.05, 0) is 42.0 Å². The summed E-state index contributed by atoms with van der Waals surface area (Å²) >= 11 is 0. The Balaban J connectivity index is 1.28. The average Bonchev–Trinajstić information content (AvgIpc) is 3.09. The highest BCUT2D eigenvalue weighted by Crippen LogP contribution is 2.62. The van der Waals surface area contributed by atoms with Gasteiger partial charge in [0.15, 0.2) is 12.4 Å². The summed E-state index contributed by atoms with van der Waals surface area (Å²) in [5.41, 5.74) is 1.21. The Morgan fingerprint density at radius 1 is 0.706 bits per heavy atom. The number of rotatable bonds is 5. The lowest BCUT2D eigenvalue weighted by atomic mass is 9.74. The van der Waals surface area contributed by atoms with Crippen LogP contribution in [0.15, 0.2) is 66.7 Å². The van der Waals surface area contributed by atoms with Crippen molar-refractivity contribution in [3.05, 3.63) is 94.5 Å². The van der Waals surface area contributed by atoms with Crippen molar-refractivity contribution in [2.45, 2.75) is 67.1 Å². The summed E-state index contributed by atoms with van der Waals surface area (Å²) in [7, 11) is 0. The first-order chi connectivity index (χ1) is 24.4. The molecule has 15 heteroatoms. The maximum atomic E-state index is 12.2. The van der Waals surface area contributed by atoms with E-state index in [2.05, 4.69) is 0 Å². The van der Waals surface area contributed by atoms with Gasteiger partial charge in [-0.3, -0.25) is 0 Å². The number of ether oxygens (including phenoxy) is 5. The monoisotopic (exact) mass is 706 g/mol. The molecule has 0 aromatic heterocycles. The van der Waals surface area contributed by atoms with Crippen LogP contribution >= 0.6 is 0 Å². The lowest BCUT2D eigenvalue weighted by molar-refractivity contribution is -0.317. The molecule has 4 heterocycles. The molecular formula is C36H34O15. The molecule has 4 aromatic rings. The molecule has 0 radical (unpaired) electrons. The van der Waals surface area contributed by atoms with Gasteiger partial charge < -0.3 is 74.7 Å². The molecule has 15 nitrogen and oxygen atoms in total. The van der Waals surface area contributed by atoms with Gasteiger partial charge in [-0.15, -0.1) is 0 Å². The SMILES string of the molecule is OCC1OC(OC2Cc3c(O)cc4c(c3OC2c2ccc(O)cc2)C2c3c(O)cc(O)cc3OC(c3ccc(O)cc3)(O4)C2O)C(O)C(O)C1O. The van der Waals surface area contributed by atoms with Gasteiger partial charge in [0, 0.05) is 46.9 Å². The normalized spacial score (nSPS) is 32.0. The molecule has 51 heavy (non-hydrogen) atoms. The van der Waals surface area contributed by atoms with Crippen LogP contribution in [0.1, 0.15) is 39.8 Å². The molecular weight excluding hydrogens is 672 g/mol. The fourth-order valence-corrected chi connectivity index (χ4v) is 7.44. The summed E-state index contributed by atoms with van der Waals surface area (Å²) in [5.74, 6) is -4.24. The molecule has 4 aliphatic heterocycles. The molecule has 0 saturated carbocycles. The molecule has 4 aromatic carbocycles.